The van der Waals surface area contributed by atoms with E-state index in [-0.39, 0.29) is 6.10 Å². The summed E-state index contributed by atoms with van der Waals surface area (Å²) >= 11 is 9.45. The molecule has 0 aliphatic carbocycles. The van der Waals surface area contributed by atoms with Crippen molar-refractivity contribution >= 4 is 27.5 Å². The van der Waals surface area contributed by atoms with Gasteiger partial charge in [-0.1, -0.05) is 33.6 Å². The van der Waals surface area contributed by atoms with Crippen molar-refractivity contribution in [3.8, 4) is 0 Å². The Hall–Kier alpha value is -0.0900. The topological polar surface area (TPSA) is 29.5 Å². The zero-order chi connectivity index (χ0) is 12.3. The zero-order valence-corrected chi connectivity index (χ0v) is 12.0. The molecule has 0 aliphatic heterocycles. The Balaban J connectivity index is 2.87. The van der Waals surface area contributed by atoms with Gasteiger partial charge in [-0.3, -0.25) is 0 Å². The van der Waals surface area contributed by atoms with Crippen molar-refractivity contribution in [2.75, 3.05) is 7.11 Å². The summed E-state index contributed by atoms with van der Waals surface area (Å²) in [7, 11) is 1.59. The smallest absolute Gasteiger partial charge is 0.0917 e. The van der Waals surface area contributed by atoms with Crippen LogP contribution in [0.25, 0.3) is 0 Å². The Labute approximate surface area is 110 Å². The predicted octanol–water partition coefficient (Wildman–Crippen LogP) is 3.43. The van der Waals surface area contributed by atoms with Gasteiger partial charge in [-0.2, -0.15) is 0 Å². The number of methoxy groups -OCH3 is 1. The van der Waals surface area contributed by atoms with Crippen LogP contribution in [-0.2, 0) is 11.2 Å². The highest BCUT2D eigenvalue weighted by atomic mass is 79.9. The third-order valence-electron chi connectivity index (χ3n) is 2.79. The summed E-state index contributed by atoms with van der Waals surface area (Å²) in [5.74, 6) is 0. The minimum Gasteiger partial charge on any atom is -0.387 e. The lowest BCUT2D eigenvalue weighted by atomic mass is 9.92. The van der Waals surface area contributed by atoms with Crippen molar-refractivity contribution in [2.24, 2.45) is 0 Å². The molecule has 0 radical (unpaired) electrons. The van der Waals surface area contributed by atoms with Gasteiger partial charge in [0.1, 0.15) is 0 Å². The highest BCUT2D eigenvalue weighted by Gasteiger charge is 2.29. The van der Waals surface area contributed by atoms with Crippen LogP contribution in [-0.4, -0.2) is 23.9 Å². The largest absolute Gasteiger partial charge is 0.387 e. The molecule has 0 heterocycles. The molecule has 1 rings (SSSR count). The van der Waals surface area contributed by atoms with Crippen LogP contribution in [0.4, 0.5) is 0 Å². The molecule has 0 saturated heterocycles. The molecule has 0 saturated carbocycles. The number of halogens is 2. The average molecular weight is 308 g/mol. The summed E-state index contributed by atoms with van der Waals surface area (Å²) in [5.41, 5.74) is -0.00886. The molecular formula is C12H16BrClO2. The van der Waals surface area contributed by atoms with Crippen LogP contribution >= 0.6 is 27.5 Å². The Morgan fingerprint density at radius 2 is 2.19 bits per heavy atom. The monoisotopic (exact) mass is 306 g/mol. The maximum absolute atomic E-state index is 10.2. The normalized spacial score (nSPS) is 16.9. The molecule has 90 valence electrons. The third kappa shape index (κ3) is 3.45. The van der Waals surface area contributed by atoms with Crippen LogP contribution in [0.5, 0.6) is 0 Å². The molecule has 0 aromatic heterocycles. The first-order chi connectivity index (χ1) is 7.36. The summed E-state index contributed by atoms with van der Waals surface area (Å²) in [6.45, 7) is 3.59. The maximum Gasteiger partial charge on any atom is 0.0917 e. The first-order valence-corrected chi connectivity index (χ1v) is 6.23. The Morgan fingerprint density at radius 1 is 1.56 bits per heavy atom. The lowest BCUT2D eigenvalue weighted by Gasteiger charge is -2.29. The van der Waals surface area contributed by atoms with Gasteiger partial charge in [-0.25, -0.2) is 0 Å². The highest BCUT2D eigenvalue weighted by molar-refractivity contribution is 9.10. The quantitative estimate of drug-likeness (QED) is 0.923. The molecule has 16 heavy (non-hydrogen) atoms. The van der Waals surface area contributed by atoms with Crippen LogP contribution in [0.15, 0.2) is 22.7 Å². The van der Waals surface area contributed by atoms with Crippen molar-refractivity contribution in [3.05, 3.63) is 33.3 Å². The first kappa shape index (κ1) is 14.0. The average Bonchev–Trinajstić information content (AvgIpc) is 2.21. The van der Waals surface area contributed by atoms with Crippen molar-refractivity contribution in [1.29, 1.82) is 0 Å². The van der Waals surface area contributed by atoms with Gasteiger partial charge in [-0.05, 0) is 31.5 Å². The summed E-state index contributed by atoms with van der Waals surface area (Å²) in [4.78, 5) is 0. The van der Waals surface area contributed by atoms with E-state index in [0.29, 0.717) is 11.4 Å². The van der Waals surface area contributed by atoms with Crippen LogP contribution in [0.3, 0.4) is 0 Å². The lowest BCUT2D eigenvalue weighted by Crippen LogP contribution is -2.40. The summed E-state index contributed by atoms with van der Waals surface area (Å²) < 4.78 is 6.08. The van der Waals surface area contributed by atoms with E-state index < -0.39 is 5.60 Å². The molecule has 0 amide bonds. The van der Waals surface area contributed by atoms with Gasteiger partial charge in [0.05, 0.1) is 11.7 Å². The standard InChI is InChI=1S/C12H16BrClO2/c1-8(16-3)12(2,15)7-9-4-5-10(13)6-11(9)14/h4-6,8,15H,7H2,1-3H3. The molecule has 1 aromatic rings. The molecule has 0 fully saturated rings. The van der Waals surface area contributed by atoms with Gasteiger partial charge in [0, 0.05) is 23.0 Å². The molecule has 0 spiro atoms. The fourth-order valence-corrected chi connectivity index (χ4v) is 2.19. The van der Waals surface area contributed by atoms with Gasteiger partial charge in [0.25, 0.3) is 0 Å². The fourth-order valence-electron chi connectivity index (χ4n) is 1.45. The zero-order valence-electron chi connectivity index (χ0n) is 9.63. The van der Waals surface area contributed by atoms with Crippen molar-refractivity contribution in [1.82, 2.24) is 0 Å². The van der Waals surface area contributed by atoms with Crippen molar-refractivity contribution < 1.29 is 9.84 Å². The predicted molar refractivity (Wildman–Crippen MR) is 70.0 cm³/mol. The molecule has 0 aliphatic rings. The number of rotatable bonds is 4. The van der Waals surface area contributed by atoms with E-state index >= 15 is 0 Å². The van der Waals surface area contributed by atoms with E-state index in [4.69, 9.17) is 16.3 Å². The second-order valence-corrected chi connectivity index (χ2v) is 5.47. The number of aliphatic hydroxyl groups is 1. The van der Waals surface area contributed by atoms with Crippen LogP contribution in [0.2, 0.25) is 5.02 Å². The molecular weight excluding hydrogens is 291 g/mol. The van der Waals surface area contributed by atoms with E-state index in [0.717, 1.165) is 10.0 Å². The minimum absolute atomic E-state index is 0.243. The highest BCUT2D eigenvalue weighted by Crippen LogP contribution is 2.26. The Bertz CT molecular complexity index is 366. The summed E-state index contributed by atoms with van der Waals surface area (Å²) in [5, 5.41) is 10.9. The first-order valence-electron chi connectivity index (χ1n) is 5.06. The molecule has 1 N–H and O–H groups in total. The Kier molecular flexibility index (Phi) is 4.80. The molecule has 0 bridgehead atoms. The van der Waals surface area contributed by atoms with Gasteiger partial charge in [-0.15, -0.1) is 0 Å². The van der Waals surface area contributed by atoms with Crippen molar-refractivity contribution in [3.63, 3.8) is 0 Å². The van der Waals surface area contributed by atoms with Gasteiger partial charge < -0.3 is 9.84 Å². The number of hydrogen-bond acceptors (Lipinski definition) is 2. The molecule has 2 unspecified atom stereocenters. The van der Waals surface area contributed by atoms with E-state index in [1.54, 1.807) is 14.0 Å². The lowest BCUT2D eigenvalue weighted by molar-refractivity contribution is -0.0715. The maximum atomic E-state index is 10.2. The molecule has 1 aromatic carbocycles. The number of ether oxygens (including phenoxy) is 1. The van der Waals surface area contributed by atoms with Gasteiger partial charge in [0.15, 0.2) is 0 Å². The third-order valence-corrected chi connectivity index (χ3v) is 3.64. The Morgan fingerprint density at radius 3 is 2.69 bits per heavy atom. The van der Waals surface area contributed by atoms with Gasteiger partial charge >= 0.3 is 0 Å². The van der Waals surface area contributed by atoms with Crippen molar-refractivity contribution in [2.45, 2.75) is 32.0 Å². The fraction of sp³-hybridized carbons (Fsp3) is 0.500. The molecule has 2 atom stereocenters. The van der Waals surface area contributed by atoms with E-state index in [9.17, 15) is 5.11 Å². The van der Waals surface area contributed by atoms with Crippen LogP contribution < -0.4 is 0 Å². The van der Waals surface area contributed by atoms with Crippen LogP contribution in [0.1, 0.15) is 19.4 Å². The van der Waals surface area contributed by atoms with E-state index in [2.05, 4.69) is 15.9 Å². The second-order valence-electron chi connectivity index (χ2n) is 4.15. The van der Waals surface area contributed by atoms with Gasteiger partial charge in [0.2, 0.25) is 0 Å². The number of hydrogen-bond donors (Lipinski definition) is 1. The number of benzene rings is 1. The SMILES string of the molecule is COC(C)C(C)(O)Cc1ccc(Br)cc1Cl. The van der Waals surface area contributed by atoms with E-state index in [1.807, 2.05) is 25.1 Å². The second kappa shape index (κ2) is 5.50. The molecule has 4 heteroatoms. The van der Waals surface area contributed by atoms with Crippen LogP contribution in [0, 0.1) is 0 Å². The van der Waals surface area contributed by atoms with E-state index in [1.165, 1.54) is 0 Å². The molecule has 2 nitrogen and oxygen atoms in total. The summed E-state index contributed by atoms with van der Waals surface area (Å²) in [6.07, 6.45) is 0.223. The summed E-state index contributed by atoms with van der Waals surface area (Å²) in [6, 6.07) is 5.64. The minimum atomic E-state index is -0.924.